The molecule has 4 nitrogen and oxygen atoms in total. The first-order chi connectivity index (χ1) is 7.27. The number of aromatic nitrogens is 2. The molecule has 0 aliphatic rings. The van der Waals surface area contributed by atoms with Crippen LogP contribution in [0.2, 0.25) is 0 Å². The summed E-state index contributed by atoms with van der Waals surface area (Å²) < 4.78 is 0. The van der Waals surface area contributed by atoms with Crippen molar-refractivity contribution >= 4 is 17.2 Å². The molecule has 2 rings (SSSR count). The highest BCUT2D eigenvalue weighted by Gasteiger charge is 2.12. The van der Waals surface area contributed by atoms with Gasteiger partial charge in [-0.05, 0) is 11.4 Å². The Morgan fingerprint density at radius 1 is 1.67 bits per heavy atom. The molecule has 5 heteroatoms. The summed E-state index contributed by atoms with van der Waals surface area (Å²) in [5.41, 5.74) is 0.731. The molecule has 0 fully saturated rings. The molecule has 0 spiro atoms. The Morgan fingerprint density at radius 2 is 2.53 bits per heavy atom. The maximum atomic E-state index is 11.8. The monoisotopic (exact) mass is 221 g/mol. The molecule has 0 aliphatic heterocycles. The fourth-order valence-electron chi connectivity index (χ4n) is 1.29. The zero-order valence-corrected chi connectivity index (χ0v) is 9.12. The Bertz CT molecular complexity index is 421. The van der Waals surface area contributed by atoms with Gasteiger partial charge in [-0.25, -0.2) is 4.98 Å². The Labute approximate surface area is 91.6 Å². The molecule has 2 heterocycles. The molecule has 0 bridgehead atoms. The summed E-state index contributed by atoms with van der Waals surface area (Å²) in [6.45, 7) is 0.502. The van der Waals surface area contributed by atoms with E-state index in [1.165, 1.54) is 11.3 Å². The van der Waals surface area contributed by atoms with Gasteiger partial charge in [-0.1, -0.05) is 0 Å². The highest BCUT2D eigenvalue weighted by Crippen LogP contribution is 2.09. The maximum Gasteiger partial charge on any atom is 0.254 e. The number of hydrogen-bond acceptors (Lipinski definition) is 3. The lowest BCUT2D eigenvalue weighted by Gasteiger charge is -2.14. The molecule has 1 amide bonds. The maximum absolute atomic E-state index is 11.8. The van der Waals surface area contributed by atoms with Gasteiger partial charge in [0, 0.05) is 24.8 Å². The largest absolute Gasteiger partial charge is 0.347 e. The van der Waals surface area contributed by atoms with E-state index >= 15 is 0 Å². The Kier molecular flexibility index (Phi) is 2.82. The van der Waals surface area contributed by atoms with Crippen LogP contribution in [-0.4, -0.2) is 27.8 Å². The molecule has 0 atom stereocenters. The van der Waals surface area contributed by atoms with E-state index in [9.17, 15) is 4.79 Å². The summed E-state index contributed by atoms with van der Waals surface area (Å²) in [7, 11) is 1.77. The van der Waals surface area contributed by atoms with Crippen molar-refractivity contribution in [3.05, 3.63) is 40.6 Å². The summed E-state index contributed by atoms with van der Waals surface area (Å²) in [6, 6.07) is 1.83. The lowest BCUT2D eigenvalue weighted by Crippen LogP contribution is -2.26. The quantitative estimate of drug-likeness (QED) is 0.858. The third-order valence-corrected chi connectivity index (χ3v) is 2.74. The van der Waals surface area contributed by atoms with E-state index in [0.717, 1.165) is 11.4 Å². The number of thiophene rings is 1. The predicted octanol–water partition coefficient (Wildman–Crippen LogP) is 1.74. The van der Waals surface area contributed by atoms with E-state index < -0.39 is 0 Å². The first-order valence-electron chi connectivity index (χ1n) is 4.53. The van der Waals surface area contributed by atoms with Crippen LogP contribution < -0.4 is 0 Å². The Morgan fingerprint density at radius 3 is 3.13 bits per heavy atom. The SMILES string of the molecule is CN(Cc1ncc[nH]1)C(=O)c1ccsc1. The number of carbonyl (C=O) groups excluding carboxylic acids is 1. The second kappa shape index (κ2) is 4.27. The van der Waals surface area contributed by atoms with Crippen LogP contribution in [0.5, 0.6) is 0 Å². The molecule has 0 aliphatic carbocycles. The molecular weight excluding hydrogens is 210 g/mol. The van der Waals surface area contributed by atoms with Gasteiger partial charge >= 0.3 is 0 Å². The number of hydrogen-bond donors (Lipinski definition) is 1. The summed E-state index contributed by atoms with van der Waals surface area (Å²) in [5.74, 6) is 0.814. The summed E-state index contributed by atoms with van der Waals surface area (Å²) in [6.07, 6.45) is 3.43. The lowest BCUT2D eigenvalue weighted by molar-refractivity contribution is 0.0782. The van der Waals surface area contributed by atoms with Gasteiger partial charge in [0.05, 0.1) is 12.1 Å². The van der Waals surface area contributed by atoms with E-state index in [1.807, 2.05) is 16.8 Å². The zero-order valence-electron chi connectivity index (χ0n) is 8.30. The van der Waals surface area contributed by atoms with Crippen molar-refractivity contribution in [2.45, 2.75) is 6.54 Å². The number of amides is 1. The van der Waals surface area contributed by atoms with Gasteiger partial charge in [0.15, 0.2) is 0 Å². The van der Waals surface area contributed by atoms with Crippen molar-refractivity contribution in [3.63, 3.8) is 0 Å². The number of nitrogens with zero attached hydrogens (tertiary/aromatic N) is 2. The number of carbonyl (C=O) groups is 1. The van der Waals surface area contributed by atoms with Crippen LogP contribution in [0, 0.1) is 0 Å². The highest BCUT2D eigenvalue weighted by molar-refractivity contribution is 7.08. The molecule has 0 saturated carbocycles. The molecule has 2 aromatic rings. The molecule has 0 radical (unpaired) electrons. The number of aromatic amines is 1. The summed E-state index contributed by atoms with van der Waals surface area (Å²) in [4.78, 5) is 20.5. The minimum Gasteiger partial charge on any atom is -0.347 e. The molecule has 15 heavy (non-hydrogen) atoms. The van der Waals surface area contributed by atoms with Crippen molar-refractivity contribution < 1.29 is 4.79 Å². The zero-order chi connectivity index (χ0) is 10.7. The van der Waals surface area contributed by atoms with Crippen LogP contribution in [0.3, 0.4) is 0 Å². The predicted molar refractivity (Wildman–Crippen MR) is 58.7 cm³/mol. The second-order valence-corrected chi connectivity index (χ2v) is 3.99. The minimum atomic E-state index is 0.0210. The average Bonchev–Trinajstić information content (AvgIpc) is 2.88. The lowest BCUT2D eigenvalue weighted by atomic mass is 10.3. The van der Waals surface area contributed by atoms with Crippen molar-refractivity contribution in [3.8, 4) is 0 Å². The van der Waals surface area contributed by atoms with E-state index in [2.05, 4.69) is 9.97 Å². The van der Waals surface area contributed by atoms with Crippen LogP contribution >= 0.6 is 11.3 Å². The van der Waals surface area contributed by atoms with Gasteiger partial charge in [-0.3, -0.25) is 4.79 Å². The number of imidazole rings is 1. The van der Waals surface area contributed by atoms with E-state index in [1.54, 1.807) is 24.3 Å². The van der Waals surface area contributed by atoms with E-state index in [0.29, 0.717) is 6.54 Å². The number of rotatable bonds is 3. The van der Waals surface area contributed by atoms with Gasteiger partial charge in [0.1, 0.15) is 5.82 Å². The first kappa shape index (κ1) is 9.92. The average molecular weight is 221 g/mol. The highest BCUT2D eigenvalue weighted by atomic mass is 32.1. The van der Waals surface area contributed by atoms with Crippen molar-refractivity contribution in [2.75, 3.05) is 7.05 Å². The Hall–Kier alpha value is -1.62. The van der Waals surface area contributed by atoms with Gasteiger partial charge in [-0.2, -0.15) is 11.3 Å². The fraction of sp³-hybridized carbons (Fsp3) is 0.200. The summed E-state index contributed by atoms with van der Waals surface area (Å²) >= 11 is 1.52. The molecular formula is C10H11N3OS. The van der Waals surface area contributed by atoms with E-state index in [4.69, 9.17) is 0 Å². The topological polar surface area (TPSA) is 49.0 Å². The van der Waals surface area contributed by atoms with Crippen molar-refractivity contribution in [1.29, 1.82) is 0 Å². The summed E-state index contributed by atoms with van der Waals surface area (Å²) in [5, 5.41) is 3.74. The third-order valence-electron chi connectivity index (χ3n) is 2.06. The van der Waals surface area contributed by atoms with Crippen molar-refractivity contribution in [1.82, 2.24) is 14.9 Å². The van der Waals surface area contributed by atoms with E-state index in [-0.39, 0.29) is 5.91 Å². The fourth-order valence-corrected chi connectivity index (χ4v) is 1.92. The number of nitrogens with one attached hydrogen (secondary N) is 1. The molecule has 0 saturated heterocycles. The second-order valence-electron chi connectivity index (χ2n) is 3.21. The molecule has 0 aromatic carbocycles. The van der Waals surface area contributed by atoms with Crippen LogP contribution in [-0.2, 0) is 6.54 Å². The van der Waals surface area contributed by atoms with Crippen LogP contribution in [0.25, 0.3) is 0 Å². The minimum absolute atomic E-state index is 0.0210. The van der Waals surface area contributed by atoms with Gasteiger partial charge < -0.3 is 9.88 Å². The van der Waals surface area contributed by atoms with Gasteiger partial charge in [0.2, 0.25) is 0 Å². The smallest absolute Gasteiger partial charge is 0.254 e. The molecule has 1 N–H and O–H groups in total. The molecule has 2 aromatic heterocycles. The normalized spacial score (nSPS) is 10.2. The van der Waals surface area contributed by atoms with Crippen molar-refractivity contribution in [2.24, 2.45) is 0 Å². The number of H-pyrrole nitrogens is 1. The molecule has 0 unspecified atom stereocenters. The first-order valence-corrected chi connectivity index (χ1v) is 5.47. The van der Waals surface area contributed by atoms with Crippen LogP contribution in [0.15, 0.2) is 29.2 Å². The van der Waals surface area contributed by atoms with Crippen LogP contribution in [0.1, 0.15) is 16.2 Å². The standard InChI is InChI=1S/C10H11N3OS/c1-13(6-9-11-3-4-12-9)10(14)8-2-5-15-7-8/h2-5,7H,6H2,1H3,(H,11,12). The van der Waals surface area contributed by atoms with Gasteiger partial charge in [0.25, 0.3) is 5.91 Å². The Balaban J connectivity index is 2.03. The van der Waals surface area contributed by atoms with Gasteiger partial charge in [-0.15, -0.1) is 0 Å². The molecule has 78 valence electrons. The van der Waals surface area contributed by atoms with Crippen LogP contribution in [0.4, 0.5) is 0 Å². The third kappa shape index (κ3) is 2.24.